The summed E-state index contributed by atoms with van der Waals surface area (Å²) in [5.41, 5.74) is 1.91. The van der Waals surface area contributed by atoms with E-state index in [-0.39, 0.29) is 17.5 Å². The Hall–Kier alpha value is -2.96. The number of H-pyrrole nitrogens is 1. The third-order valence-corrected chi connectivity index (χ3v) is 3.92. The number of carbonyl (C=O) groups is 1. The number of nitrogens with zero attached hydrogens (tertiary/aromatic N) is 3. The standard InChI is InChI=1S/C18H21N5O2/c1-11(20-17(25)18(2,3)4)13-9-16(24)23-15(21-13)8-14(22-23)12-6-5-7-19-10-12/h5-11,22H,1-4H3,(H,20,25)/t11-/m0/s1. The minimum absolute atomic E-state index is 0.0906. The molecule has 7 heteroatoms. The first kappa shape index (κ1) is 16.9. The van der Waals surface area contributed by atoms with Crippen LogP contribution in [0, 0.1) is 5.41 Å². The summed E-state index contributed by atoms with van der Waals surface area (Å²) in [5.74, 6) is -0.0906. The first-order valence-corrected chi connectivity index (χ1v) is 8.10. The summed E-state index contributed by atoms with van der Waals surface area (Å²) >= 11 is 0. The molecule has 0 spiro atoms. The number of aromatic amines is 1. The van der Waals surface area contributed by atoms with E-state index in [1.165, 1.54) is 10.6 Å². The Morgan fingerprint density at radius 2 is 2.08 bits per heavy atom. The van der Waals surface area contributed by atoms with E-state index in [9.17, 15) is 9.59 Å². The Balaban J connectivity index is 1.96. The largest absolute Gasteiger partial charge is 0.348 e. The van der Waals surface area contributed by atoms with Crippen LogP contribution in [0.5, 0.6) is 0 Å². The third-order valence-electron chi connectivity index (χ3n) is 3.92. The Bertz CT molecular complexity index is 967. The van der Waals surface area contributed by atoms with Crippen LogP contribution in [0.15, 0.2) is 41.5 Å². The fourth-order valence-electron chi connectivity index (χ4n) is 2.39. The van der Waals surface area contributed by atoms with E-state index >= 15 is 0 Å². The number of carbonyl (C=O) groups excluding carboxylic acids is 1. The van der Waals surface area contributed by atoms with Gasteiger partial charge in [0.25, 0.3) is 5.56 Å². The second-order valence-electron chi connectivity index (χ2n) is 7.07. The van der Waals surface area contributed by atoms with Crippen molar-refractivity contribution in [1.29, 1.82) is 0 Å². The van der Waals surface area contributed by atoms with Crippen LogP contribution in [0.25, 0.3) is 16.9 Å². The van der Waals surface area contributed by atoms with Crippen molar-refractivity contribution in [2.75, 3.05) is 0 Å². The molecule has 0 aromatic carbocycles. The van der Waals surface area contributed by atoms with E-state index < -0.39 is 5.41 Å². The molecule has 0 radical (unpaired) electrons. The molecule has 0 aliphatic heterocycles. The van der Waals surface area contributed by atoms with Gasteiger partial charge in [-0.1, -0.05) is 20.8 Å². The Morgan fingerprint density at radius 3 is 2.72 bits per heavy atom. The predicted molar refractivity (Wildman–Crippen MR) is 95.1 cm³/mol. The first-order chi connectivity index (χ1) is 11.8. The van der Waals surface area contributed by atoms with Gasteiger partial charge >= 0.3 is 0 Å². The number of aromatic nitrogens is 4. The summed E-state index contributed by atoms with van der Waals surface area (Å²) < 4.78 is 1.38. The van der Waals surface area contributed by atoms with Crippen LogP contribution in [0.2, 0.25) is 0 Å². The zero-order valence-electron chi connectivity index (χ0n) is 14.7. The van der Waals surface area contributed by atoms with Crippen molar-refractivity contribution >= 4 is 11.6 Å². The van der Waals surface area contributed by atoms with Gasteiger partial charge in [-0.25, -0.2) is 9.50 Å². The highest BCUT2D eigenvalue weighted by molar-refractivity contribution is 5.81. The number of amides is 1. The highest BCUT2D eigenvalue weighted by Gasteiger charge is 2.24. The lowest BCUT2D eigenvalue weighted by Crippen LogP contribution is -2.37. The fourth-order valence-corrected chi connectivity index (χ4v) is 2.39. The van der Waals surface area contributed by atoms with E-state index in [0.29, 0.717) is 11.3 Å². The van der Waals surface area contributed by atoms with Gasteiger partial charge in [-0.3, -0.25) is 19.7 Å². The lowest BCUT2D eigenvalue weighted by molar-refractivity contribution is -0.129. The van der Waals surface area contributed by atoms with Gasteiger partial charge in [0.1, 0.15) is 0 Å². The van der Waals surface area contributed by atoms with Crippen LogP contribution in [-0.4, -0.2) is 25.5 Å². The minimum Gasteiger partial charge on any atom is -0.348 e. The van der Waals surface area contributed by atoms with Crippen LogP contribution in [0.4, 0.5) is 0 Å². The summed E-state index contributed by atoms with van der Waals surface area (Å²) in [6, 6.07) is 6.59. The van der Waals surface area contributed by atoms with E-state index in [4.69, 9.17) is 0 Å². The summed E-state index contributed by atoms with van der Waals surface area (Å²) in [6.45, 7) is 7.34. The zero-order valence-corrected chi connectivity index (χ0v) is 14.7. The molecule has 0 aliphatic rings. The average Bonchev–Trinajstić information content (AvgIpc) is 2.99. The molecule has 3 aromatic heterocycles. The van der Waals surface area contributed by atoms with Gasteiger partial charge in [0.15, 0.2) is 5.65 Å². The molecule has 3 aromatic rings. The van der Waals surface area contributed by atoms with E-state index in [0.717, 1.165) is 11.3 Å². The van der Waals surface area contributed by atoms with Crippen molar-refractivity contribution in [1.82, 2.24) is 24.9 Å². The van der Waals surface area contributed by atoms with Gasteiger partial charge in [-0.2, -0.15) is 0 Å². The molecule has 130 valence electrons. The molecule has 1 atom stereocenters. The van der Waals surface area contributed by atoms with E-state index in [1.807, 2.05) is 39.8 Å². The number of rotatable bonds is 3. The second kappa shape index (κ2) is 6.16. The molecule has 1 amide bonds. The molecule has 0 bridgehead atoms. The maximum absolute atomic E-state index is 12.4. The summed E-state index contributed by atoms with van der Waals surface area (Å²) in [6.07, 6.45) is 3.40. The molecule has 0 saturated carbocycles. The summed E-state index contributed by atoms with van der Waals surface area (Å²) in [7, 11) is 0. The van der Waals surface area contributed by atoms with Crippen molar-refractivity contribution in [2.24, 2.45) is 5.41 Å². The van der Waals surface area contributed by atoms with Crippen molar-refractivity contribution in [2.45, 2.75) is 33.7 Å². The van der Waals surface area contributed by atoms with Crippen molar-refractivity contribution in [3.8, 4) is 11.3 Å². The van der Waals surface area contributed by atoms with Gasteiger partial charge in [-0.15, -0.1) is 0 Å². The molecule has 0 fully saturated rings. The van der Waals surface area contributed by atoms with Crippen molar-refractivity contribution in [3.63, 3.8) is 0 Å². The number of fused-ring (bicyclic) bond motifs is 1. The molecular weight excluding hydrogens is 318 g/mol. The normalized spacial score (nSPS) is 13.0. The van der Waals surface area contributed by atoms with Crippen LogP contribution >= 0.6 is 0 Å². The molecule has 2 N–H and O–H groups in total. The van der Waals surface area contributed by atoms with E-state index in [1.54, 1.807) is 18.5 Å². The fraction of sp³-hybridized carbons (Fsp3) is 0.333. The van der Waals surface area contributed by atoms with Gasteiger partial charge < -0.3 is 5.32 Å². The summed E-state index contributed by atoms with van der Waals surface area (Å²) in [5, 5.41) is 5.92. The number of nitrogens with one attached hydrogen (secondary N) is 2. The van der Waals surface area contributed by atoms with Crippen molar-refractivity contribution in [3.05, 3.63) is 52.7 Å². The molecule has 3 heterocycles. The van der Waals surface area contributed by atoms with Gasteiger partial charge in [0.05, 0.1) is 17.4 Å². The zero-order chi connectivity index (χ0) is 18.2. The molecule has 7 nitrogen and oxygen atoms in total. The third kappa shape index (κ3) is 3.45. The molecule has 25 heavy (non-hydrogen) atoms. The van der Waals surface area contributed by atoms with Gasteiger partial charge in [0.2, 0.25) is 5.91 Å². The lowest BCUT2D eigenvalue weighted by atomic mass is 9.95. The maximum atomic E-state index is 12.4. The van der Waals surface area contributed by atoms with Gasteiger partial charge in [0, 0.05) is 35.5 Å². The average molecular weight is 339 g/mol. The predicted octanol–water partition coefficient (Wildman–Crippen LogP) is 2.31. The molecule has 0 unspecified atom stereocenters. The maximum Gasteiger partial charge on any atom is 0.272 e. The quantitative estimate of drug-likeness (QED) is 0.766. The van der Waals surface area contributed by atoms with Crippen LogP contribution in [-0.2, 0) is 4.79 Å². The number of hydrogen-bond acceptors (Lipinski definition) is 4. The van der Waals surface area contributed by atoms with Crippen LogP contribution in [0.3, 0.4) is 0 Å². The van der Waals surface area contributed by atoms with Crippen LogP contribution < -0.4 is 10.9 Å². The number of hydrogen-bond donors (Lipinski definition) is 2. The lowest BCUT2D eigenvalue weighted by Gasteiger charge is -2.21. The SMILES string of the molecule is C[C@H](NC(=O)C(C)(C)C)c1cc(=O)n2[nH]c(-c3cccnc3)cc2n1. The Labute approximate surface area is 145 Å². The molecule has 0 saturated heterocycles. The van der Waals surface area contributed by atoms with Crippen molar-refractivity contribution < 1.29 is 4.79 Å². The van der Waals surface area contributed by atoms with Gasteiger partial charge in [-0.05, 0) is 19.1 Å². The Kier molecular flexibility index (Phi) is 4.16. The molecule has 3 rings (SSSR count). The topological polar surface area (TPSA) is 92.2 Å². The smallest absolute Gasteiger partial charge is 0.272 e. The monoisotopic (exact) mass is 339 g/mol. The highest BCUT2D eigenvalue weighted by Crippen LogP contribution is 2.19. The first-order valence-electron chi connectivity index (χ1n) is 8.10. The molecule has 0 aliphatic carbocycles. The minimum atomic E-state index is -0.505. The second-order valence-corrected chi connectivity index (χ2v) is 7.07. The Morgan fingerprint density at radius 1 is 1.32 bits per heavy atom. The highest BCUT2D eigenvalue weighted by atomic mass is 16.2. The van der Waals surface area contributed by atoms with Crippen LogP contribution in [0.1, 0.15) is 39.4 Å². The van der Waals surface area contributed by atoms with E-state index in [2.05, 4.69) is 20.4 Å². The summed E-state index contributed by atoms with van der Waals surface area (Å²) in [4.78, 5) is 33.1. The molecular formula is C18H21N5O2. The number of pyridine rings is 1.